The highest BCUT2D eigenvalue weighted by molar-refractivity contribution is 6.19. The first kappa shape index (κ1) is 29.7. The maximum absolute atomic E-state index is 14.6. The van der Waals surface area contributed by atoms with E-state index in [1.54, 1.807) is 6.08 Å². The molecule has 0 aromatic heterocycles. The highest BCUT2D eigenvalue weighted by Crippen LogP contribution is 2.68. The third kappa shape index (κ3) is 4.08. The second-order valence-electron chi connectivity index (χ2n) is 14.1. The van der Waals surface area contributed by atoms with Crippen LogP contribution in [0.5, 0.6) is 17.2 Å². The lowest BCUT2D eigenvalue weighted by Gasteiger charge is -2.56. The molecule has 4 bridgehead atoms. The van der Waals surface area contributed by atoms with Gasteiger partial charge in [0.05, 0.1) is 11.2 Å². The van der Waals surface area contributed by atoms with Gasteiger partial charge >= 0.3 is 0 Å². The monoisotopic (exact) mass is 584 g/mol. The van der Waals surface area contributed by atoms with E-state index in [1.807, 2.05) is 65.8 Å². The van der Waals surface area contributed by atoms with E-state index in [9.17, 15) is 14.7 Å². The molecule has 1 N–H and O–H groups in total. The highest BCUT2D eigenvalue weighted by atomic mass is 16.6. The molecule has 5 atom stereocenters. The Balaban J connectivity index is 1.59. The van der Waals surface area contributed by atoms with E-state index in [-0.39, 0.29) is 28.8 Å². The van der Waals surface area contributed by atoms with Gasteiger partial charge in [0.15, 0.2) is 22.8 Å². The number of benzene rings is 1. The van der Waals surface area contributed by atoms with Crippen molar-refractivity contribution in [3.05, 3.63) is 69.9 Å². The summed E-state index contributed by atoms with van der Waals surface area (Å²) in [7, 11) is 0. The van der Waals surface area contributed by atoms with Crippen molar-refractivity contribution in [1.29, 1.82) is 0 Å². The van der Waals surface area contributed by atoms with Gasteiger partial charge in [-0.2, -0.15) is 0 Å². The molecule has 6 heteroatoms. The molecule has 0 radical (unpaired) electrons. The number of carbonyl (C=O) groups is 2. The van der Waals surface area contributed by atoms with Gasteiger partial charge in [-0.1, -0.05) is 41.5 Å². The zero-order chi connectivity index (χ0) is 31.1. The van der Waals surface area contributed by atoms with Gasteiger partial charge in [0, 0.05) is 29.4 Å². The Morgan fingerprint density at radius 1 is 1.05 bits per heavy atom. The molecule has 6 aliphatic rings. The van der Waals surface area contributed by atoms with Crippen LogP contribution in [0.25, 0.3) is 6.08 Å². The molecule has 3 aliphatic heterocycles. The van der Waals surface area contributed by atoms with E-state index in [2.05, 4.69) is 26.0 Å². The van der Waals surface area contributed by atoms with Crippen LogP contribution in [0.2, 0.25) is 0 Å². The summed E-state index contributed by atoms with van der Waals surface area (Å²) in [6.45, 7) is 16.2. The molecule has 1 aromatic carbocycles. The molecule has 6 nitrogen and oxygen atoms in total. The van der Waals surface area contributed by atoms with Gasteiger partial charge < -0.3 is 19.3 Å². The summed E-state index contributed by atoms with van der Waals surface area (Å²) in [5, 5.41) is 11.7. The van der Waals surface area contributed by atoms with Gasteiger partial charge in [-0.3, -0.25) is 9.59 Å². The number of Topliss-reactive ketones (excluding diaryl/α,β-unsaturated/α-hetero) is 2. The molecule has 0 amide bonds. The summed E-state index contributed by atoms with van der Waals surface area (Å²) in [6, 6.07) is 0. The molecule has 228 valence electrons. The standard InChI is InChI=1S/C37H44O6/c1-9-10-17-36-33(40)23-19-26-30(39)28-29(38)24-15-18-35(8,16-11-12-21(2)3)41-31(24)25(14-13-22(4)5)32(28)42-37(26,36)27(20-23)34(6,7)43-36/h9-10,12-13,15,18-19,23,27,38H,11,14,16-17,20H2,1-8H3/t23?,27?,35-,36?,37?/m1/s1. The van der Waals surface area contributed by atoms with Gasteiger partial charge in [-0.05, 0) is 93.2 Å². The molecule has 3 aliphatic carbocycles. The number of carbonyl (C=O) groups excluding carboxylic acids is 2. The number of phenols is 1. The quantitative estimate of drug-likeness (QED) is 0.330. The van der Waals surface area contributed by atoms with E-state index in [1.165, 1.54) is 5.57 Å². The minimum absolute atomic E-state index is 0.0357. The lowest BCUT2D eigenvalue weighted by molar-refractivity contribution is -0.171. The first-order chi connectivity index (χ1) is 20.2. The minimum atomic E-state index is -1.34. The van der Waals surface area contributed by atoms with Crippen LogP contribution in [-0.2, 0) is 16.0 Å². The number of hydrogen-bond acceptors (Lipinski definition) is 6. The highest BCUT2D eigenvalue weighted by Gasteiger charge is 2.81. The predicted octanol–water partition coefficient (Wildman–Crippen LogP) is 7.78. The molecular formula is C37H44O6. The normalized spacial score (nSPS) is 32.4. The second-order valence-corrected chi connectivity index (χ2v) is 14.1. The lowest BCUT2D eigenvalue weighted by Crippen LogP contribution is -2.72. The fraction of sp³-hybridized carbons (Fsp3) is 0.514. The van der Waals surface area contributed by atoms with E-state index in [4.69, 9.17) is 14.2 Å². The smallest absolute Gasteiger partial charge is 0.200 e. The maximum atomic E-state index is 14.6. The number of hydrogen-bond donors (Lipinski definition) is 1. The zero-order valence-corrected chi connectivity index (χ0v) is 26.7. The number of phenolic OH excluding ortho intramolecular Hbond substituents is 1. The van der Waals surface area contributed by atoms with Crippen molar-refractivity contribution < 1.29 is 28.9 Å². The van der Waals surface area contributed by atoms with E-state index in [0.29, 0.717) is 47.5 Å². The summed E-state index contributed by atoms with van der Waals surface area (Å²) in [5.41, 5.74) is 0.177. The Bertz CT molecular complexity index is 1580. The van der Waals surface area contributed by atoms with Crippen LogP contribution in [0.4, 0.5) is 0 Å². The van der Waals surface area contributed by atoms with Crippen molar-refractivity contribution in [3.8, 4) is 17.2 Å². The average molecular weight is 585 g/mol. The Kier molecular flexibility index (Phi) is 6.78. The average Bonchev–Trinajstić information content (AvgIpc) is 3.08. The van der Waals surface area contributed by atoms with Crippen molar-refractivity contribution in [2.24, 2.45) is 11.8 Å². The van der Waals surface area contributed by atoms with Gasteiger partial charge in [-0.25, -0.2) is 0 Å². The van der Waals surface area contributed by atoms with Crippen molar-refractivity contribution >= 4 is 17.6 Å². The first-order valence-corrected chi connectivity index (χ1v) is 15.6. The SMILES string of the molecule is CC=CCC12OC(C)(C)C3CC(C=C4C(=O)c5c(O)c6c(c(CC=C(C)C)c5OC431)O[C@](C)(CCC=C(C)C)C=C6)C2=O. The summed E-state index contributed by atoms with van der Waals surface area (Å²) >= 11 is 0. The number of ketones is 2. The number of aromatic hydroxyl groups is 1. The van der Waals surface area contributed by atoms with Crippen LogP contribution in [0.15, 0.2) is 53.2 Å². The lowest BCUT2D eigenvalue weighted by atomic mass is 9.51. The molecule has 4 unspecified atom stereocenters. The fourth-order valence-corrected chi connectivity index (χ4v) is 8.07. The molecule has 1 spiro atoms. The van der Waals surface area contributed by atoms with Gasteiger partial charge in [0.25, 0.3) is 0 Å². The number of ether oxygens (including phenoxy) is 3. The van der Waals surface area contributed by atoms with Crippen LogP contribution < -0.4 is 9.47 Å². The second kappa shape index (κ2) is 9.82. The summed E-state index contributed by atoms with van der Waals surface area (Å²) in [6.07, 6.45) is 16.7. The fourth-order valence-electron chi connectivity index (χ4n) is 8.07. The molecule has 1 aromatic rings. The van der Waals surface area contributed by atoms with Gasteiger partial charge in [-0.15, -0.1) is 0 Å². The third-order valence-corrected chi connectivity index (χ3v) is 10.1. The van der Waals surface area contributed by atoms with Crippen LogP contribution in [0.1, 0.15) is 103 Å². The van der Waals surface area contributed by atoms with Crippen molar-refractivity contribution in [2.45, 2.75) is 110 Å². The number of allylic oxidation sites excluding steroid dienone is 6. The zero-order valence-electron chi connectivity index (χ0n) is 26.7. The van der Waals surface area contributed by atoms with Gasteiger partial charge in [0.2, 0.25) is 0 Å². The van der Waals surface area contributed by atoms with Crippen molar-refractivity contribution in [2.75, 3.05) is 0 Å². The molecule has 1 saturated heterocycles. The molecule has 3 heterocycles. The number of rotatable bonds is 7. The van der Waals surface area contributed by atoms with E-state index in [0.717, 1.165) is 18.4 Å². The van der Waals surface area contributed by atoms with Crippen molar-refractivity contribution in [1.82, 2.24) is 0 Å². The Morgan fingerprint density at radius 2 is 1.77 bits per heavy atom. The van der Waals surface area contributed by atoms with Crippen LogP contribution >= 0.6 is 0 Å². The summed E-state index contributed by atoms with van der Waals surface area (Å²) < 4.78 is 20.7. The molecule has 2 fully saturated rings. The Morgan fingerprint density at radius 3 is 2.44 bits per heavy atom. The third-order valence-electron chi connectivity index (χ3n) is 10.1. The number of fused-ring (bicyclic) bond motifs is 2. The van der Waals surface area contributed by atoms with E-state index >= 15 is 0 Å². The Hall–Kier alpha value is -3.38. The molecule has 43 heavy (non-hydrogen) atoms. The Labute approximate surface area is 255 Å². The van der Waals surface area contributed by atoms with Crippen LogP contribution in [-0.4, -0.2) is 39.1 Å². The molecule has 7 rings (SSSR count). The summed E-state index contributed by atoms with van der Waals surface area (Å²) in [4.78, 5) is 28.8. The topological polar surface area (TPSA) is 82.1 Å². The van der Waals surface area contributed by atoms with Gasteiger partial charge in [0.1, 0.15) is 28.4 Å². The first-order valence-electron chi connectivity index (χ1n) is 15.6. The maximum Gasteiger partial charge on any atom is 0.200 e. The summed E-state index contributed by atoms with van der Waals surface area (Å²) in [5.74, 6) is -0.296. The molecule has 1 saturated carbocycles. The minimum Gasteiger partial charge on any atom is -0.506 e. The van der Waals surface area contributed by atoms with Crippen LogP contribution in [0.3, 0.4) is 0 Å². The predicted molar refractivity (Wildman–Crippen MR) is 168 cm³/mol. The van der Waals surface area contributed by atoms with Crippen molar-refractivity contribution in [3.63, 3.8) is 0 Å². The van der Waals surface area contributed by atoms with E-state index < -0.39 is 28.3 Å². The largest absolute Gasteiger partial charge is 0.506 e. The molecular weight excluding hydrogens is 540 g/mol. The van der Waals surface area contributed by atoms with Crippen LogP contribution in [0, 0.1) is 11.8 Å².